The molecule has 2 unspecified atom stereocenters. The van der Waals surface area contributed by atoms with Crippen molar-refractivity contribution in [2.75, 3.05) is 26.2 Å². The van der Waals surface area contributed by atoms with E-state index in [4.69, 9.17) is 5.26 Å². The molecule has 3 nitrogen and oxygen atoms in total. The standard InChI is InChI=1S/C16H29N3/c1-16(2,3)12-18-15-9-14(8-13-4-5-13)10-19(11-15)7-6-17/h13-15,18H,4-5,7-12H2,1-3H3. The second-order valence-corrected chi connectivity index (χ2v) is 7.77. The summed E-state index contributed by atoms with van der Waals surface area (Å²) in [6, 6.07) is 2.89. The fourth-order valence-corrected chi connectivity index (χ4v) is 3.13. The average Bonchev–Trinajstić information content (AvgIpc) is 3.10. The SMILES string of the molecule is CC(C)(C)CNC1CC(CC2CC2)CN(CC#N)C1. The van der Waals surface area contributed by atoms with E-state index < -0.39 is 0 Å². The zero-order valence-corrected chi connectivity index (χ0v) is 12.8. The normalized spacial score (nSPS) is 29.2. The lowest BCUT2D eigenvalue weighted by molar-refractivity contribution is 0.140. The Balaban J connectivity index is 1.84. The predicted molar refractivity (Wildman–Crippen MR) is 78.7 cm³/mol. The van der Waals surface area contributed by atoms with Gasteiger partial charge in [0, 0.05) is 25.7 Å². The Morgan fingerprint density at radius 1 is 1.21 bits per heavy atom. The summed E-state index contributed by atoms with van der Waals surface area (Å²) >= 11 is 0. The summed E-state index contributed by atoms with van der Waals surface area (Å²) in [7, 11) is 0. The minimum absolute atomic E-state index is 0.337. The molecule has 0 bridgehead atoms. The van der Waals surface area contributed by atoms with Gasteiger partial charge in [-0.2, -0.15) is 5.26 Å². The van der Waals surface area contributed by atoms with Crippen LogP contribution in [0.1, 0.15) is 46.5 Å². The van der Waals surface area contributed by atoms with Crippen LogP contribution in [0, 0.1) is 28.6 Å². The summed E-state index contributed by atoms with van der Waals surface area (Å²) in [5.74, 6) is 1.79. The van der Waals surface area contributed by atoms with Crippen molar-refractivity contribution in [2.45, 2.75) is 52.5 Å². The Morgan fingerprint density at radius 3 is 2.53 bits per heavy atom. The maximum atomic E-state index is 8.93. The summed E-state index contributed by atoms with van der Waals surface area (Å²) in [4.78, 5) is 2.34. The second kappa shape index (κ2) is 6.24. The Morgan fingerprint density at radius 2 is 1.95 bits per heavy atom. The molecule has 0 aromatic carbocycles. The lowest BCUT2D eigenvalue weighted by Crippen LogP contribution is -2.50. The van der Waals surface area contributed by atoms with Gasteiger partial charge >= 0.3 is 0 Å². The number of hydrogen-bond donors (Lipinski definition) is 1. The van der Waals surface area contributed by atoms with Crippen LogP contribution < -0.4 is 5.32 Å². The van der Waals surface area contributed by atoms with Gasteiger partial charge in [0.25, 0.3) is 0 Å². The summed E-state index contributed by atoms with van der Waals surface area (Å²) in [5.41, 5.74) is 0.337. The third kappa shape index (κ3) is 5.50. The van der Waals surface area contributed by atoms with E-state index in [0.717, 1.165) is 31.5 Å². The molecule has 2 rings (SSSR count). The molecule has 1 N–H and O–H groups in total. The molecule has 0 aromatic rings. The van der Waals surface area contributed by atoms with Crippen molar-refractivity contribution < 1.29 is 0 Å². The summed E-state index contributed by atoms with van der Waals surface area (Å²) in [5, 5.41) is 12.7. The van der Waals surface area contributed by atoms with Crippen LogP contribution in [0.5, 0.6) is 0 Å². The van der Waals surface area contributed by atoms with Crippen molar-refractivity contribution in [1.29, 1.82) is 5.26 Å². The highest BCUT2D eigenvalue weighted by Gasteiger charge is 2.32. The fraction of sp³-hybridized carbons (Fsp3) is 0.938. The van der Waals surface area contributed by atoms with Gasteiger partial charge in [-0.25, -0.2) is 0 Å². The van der Waals surface area contributed by atoms with Crippen LogP contribution in [0.3, 0.4) is 0 Å². The molecule has 1 aliphatic heterocycles. The number of nitriles is 1. The van der Waals surface area contributed by atoms with E-state index in [1.807, 2.05) is 0 Å². The van der Waals surface area contributed by atoms with E-state index in [1.54, 1.807) is 0 Å². The highest BCUT2D eigenvalue weighted by atomic mass is 15.2. The van der Waals surface area contributed by atoms with Gasteiger partial charge < -0.3 is 5.32 Å². The summed E-state index contributed by atoms with van der Waals surface area (Å²) in [6.07, 6.45) is 5.56. The van der Waals surface area contributed by atoms with E-state index in [2.05, 4.69) is 37.1 Å². The van der Waals surface area contributed by atoms with E-state index in [1.165, 1.54) is 25.7 Å². The van der Waals surface area contributed by atoms with Crippen LogP contribution in [-0.4, -0.2) is 37.1 Å². The first-order valence-corrected chi connectivity index (χ1v) is 7.79. The smallest absolute Gasteiger partial charge is 0.0866 e. The molecule has 2 atom stereocenters. The maximum Gasteiger partial charge on any atom is 0.0866 e. The predicted octanol–water partition coefficient (Wildman–Crippen LogP) is 2.64. The highest BCUT2D eigenvalue weighted by Crippen LogP contribution is 2.37. The first-order valence-electron chi connectivity index (χ1n) is 7.79. The van der Waals surface area contributed by atoms with Crippen molar-refractivity contribution in [3.63, 3.8) is 0 Å². The maximum absolute atomic E-state index is 8.93. The molecule has 3 heteroatoms. The fourth-order valence-electron chi connectivity index (χ4n) is 3.13. The summed E-state index contributed by atoms with van der Waals surface area (Å²) in [6.45, 7) is 10.7. The zero-order chi connectivity index (χ0) is 13.9. The number of rotatable bonds is 5. The number of hydrogen-bond acceptors (Lipinski definition) is 3. The Labute approximate surface area is 118 Å². The molecule has 0 radical (unpaired) electrons. The highest BCUT2D eigenvalue weighted by molar-refractivity contribution is 4.90. The molecular formula is C16H29N3. The monoisotopic (exact) mass is 263 g/mol. The lowest BCUT2D eigenvalue weighted by atomic mass is 9.88. The van der Waals surface area contributed by atoms with Crippen molar-refractivity contribution in [1.82, 2.24) is 10.2 Å². The van der Waals surface area contributed by atoms with E-state index in [9.17, 15) is 0 Å². The van der Waals surface area contributed by atoms with Crippen molar-refractivity contribution >= 4 is 0 Å². The van der Waals surface area contributed by atoms with Gasteiger partial charge in [0.2, 0.25) is 0 Å². The van der Waals surface area contributed by atoms with Crippen molar-refractivity contribution in [3.05, 3.63) is 0 Å². The Kier molecular flexibility index (Phi) is 4.86. The van der Waals surface area contributed by atoms with Gasteiger partial charge in [-0.05, 0) is 30.1 Å². The number of nitrogens with zero attached hydrogens (tertiary/aromatic N) is 2. The van der Waals surface area contributed by atoms with Crippen molar-refractivity contribution in [2.24, 2.45) is 17.3 Å². The third-order valence-electron chi connectivity index (χ3n) is 4.19. The van der Waals surface area contributed by atoms with Gasteiger partial charge in [-0.15, -0.1) is 0 Å². The van der Waals surface area contributed by atoms with Crippen LogP contribution in [-0.2, 0) is 0 Å². The largest absolute Gasteiger partial charge is 0.312 e. The lowest BCUT2D eigenvalue weighted by Gasteiger charge is -2.38. The van der Waals surface area contributed by atoms with Crippen LogP contribution in [0.4, 0.5) is 0 Å². The molecule has 1 saturated carbocycles. The van der Waals surface area contributed by atoms with Crippen molar-refractivity contribution in [3.8, 4) is 6.07 Å². The minimum Gasteiger partial charge on any atom is -0.312 e. The van der Waals surface area contributed by atoms with Crippen LogP contribution in [0.2, 0.25) is 0 Å². The van der Waals surface area contributed by atoms with Gasteiger partial charge in [-0.1, -0.05) is 33.6 Å². The van der Waals surface area contributed by atoms with E-state index >= 15 is 0 Å². The Hall–Kier alpha value is -0.590. The number of likely N-dealkylation sites (tertiary alicyclic amines) is 1. The first kappa shape index (κ1) is 14.8. The van der Waals surface area contributed by atoms with Crippen LogP contribution in [0.25, 0.3) is 0 Å². The van der Waals surface area contributed by atoms with Gasteiger partial charge in [0.05, 0.1) is 12.6 Å². The third-order valence-corrected chi connectivity index (χ3v) is 4.19. The van der Waals surface area contributed by atoms with Crippen LogP contribution >= 0.6 is 0 Å². The quantitative estimate of drug-likeness (QED) is 0.775. The molecule has 2 fully saturated rings. The molecule has 2 aliphatic rings. The summed E-state index contributed by atoms with van der Waals surface area (Å²) < 4.78 is 0. The second-order valence-electron chi connectivity index (χ2n) is 7.77. The zero-order valence-electron chi connectivity index (χ0n) is 12.8. The number of nitrogens with one attached hydrogen (secondary N) is 1. The first-order chi connectivity index (χ1) is 8.96. The molecule has 0 spiro atoms. The topological polar surface area (TPSA) is 39.1 Å². The molecule has 1 saturated heterocycles. The van der Waals surface area contributed by atoms with Gasteiger partial charge in [0.15, 0.2) is 0 Å². The average molecular weight is 263 g/mol. The van der Waals surface area contributed by atoms with E-state index in [0.29, 0.717) is 18.0 Å². The Bertz CT molecular complexity index is 322. The number of piperidine rings is 1. The van der Waals surface area contributed by atoms with Gasteiger partial charge in [0.1, 0.15) is 0 Å². The van der Waals surface area contributed by atoms with Crippen LogP contribution in [0.15, 0.2) is 0 Å². The minimum atomic E-state index is 0.337. The molecule has 1 heterocycles. The molecular weight excluding hydrogens is 234 g/mol. The molecule has 0 amide bonds. The molecule has 1 aliphatic carbocycles. The molecule has 19 heavy (non-hydrogen) atoms. The molecule has 108 valence electrons. The van der Waals surface area contributed by atoms with E-state index in [-0.39, 0.29) is 0 Å². The molecule has 0 aromatic heterocycles. The van der Waals surface area contributed by atoms with Gasteiger partial charge in [-0.3, -0.25) is 4.90 Å².